The molecule has 1 nitrogen and oxygen atoms in total. The summed E-state index contributed by atoms with van der Waals surface area (Å²) in [6, 6.07) is 0. The van der Waals surface area contributed by atoms with E-state index in [4.69, 9.17) is 0 Å². The second-order valence-electron chi connectivity index (χ2n) is 4.77. The van der Waals surface area contributed by atoms with Crippen LogP contribution in [0.3, 0.4) is 0 Å². The summed E-state index contributed by atoms with van der Waals surface area (Å²) in [5.74, 6) is 2.14. The van der Waals surface area contributed by atoms with E-state index in [1.54, 1.807) is 0 Å². The van der Waals surface area contributed by atoms with Crippen LogP contribution in [0.15, 0.2) is 0 Å². The maximum Gasteiger partial charge on any atom is -0.00191 e. The summed E-state index contributed by atoms with van der Waals surface area (Å²) in [6.07, 6.45) is 9.03. The molecule has 0 radical (unpaired) electrons. The Morgan fingerprint density at radius 1 is 0.750 bits per heavy atom. The first-order valence-electron chi connectivity index (χ1n) is 5.53. The molecular formula is C11H21N. The summed E-state index contributed by atoms with van der Waals surface area (Å²) in [4.78, 5) is 2.52. The Morgan fingerprint density at radius 2 is 1.17 bits per heavy atom. The summed E-state index contributed by atoms with van der Waals surface area (Å²) in [7, 11) is 2.28. The van der Waals surface area contributed by atoms with Gasteiger partial charge in [-0.25, -0.2) is 0 Å². The van der Waals surface area contributed by atoms with Gasteiger partial charge in [-0.1, -0.05) is 25.7 Å². The first-order chi connectivity index (χ1) is 5.84. The summed E-state index contributed by atoms with van der Waals surface area (Å²) < 4.78 is 0. The van der Waals surface area contributed by atoms with Crippen molar-refractivity contribution in [2.45, 2.75) is 38.5 Å². The van der Waals surface area contributed by atoms with Crippen LogP contribution in [-0.2, 0) is 0 Å². The Hall–Kier alpha value is -0.0400. The predicted molar refractivity (Wildman–Crippen MR) is 52.2 cm³/mol. The van der Waals surface area contributed by atoms with Crippen molar-refractivity contribution in [3.63, 3.8) is 0 Å². The van der Waals surface area contributed by atoms with Crippen molar-refractivity contribution in [1.29, 1.82) is 0 Å². The highest BCUT2D eigenvalue weighted by Gasteiger charge is 2.23. The van der Waals surface area contributed by atoms with E-state index in [2.05, 4.69) is 11.9 Å². The predicted octanol–water partition coefficient (Wildman–Crippen LogP) is 2.52. The van der Waals surface area contributed by atoms with Crippen molar-refractivity contribution in [2.24, 2.45) is 11.8 Å². The molecule has 3 rings (SSSR count). The standard InChI is InChI=1S/C11H21N/c1-12-8-6-10-2-3-11(5-4-10)7-9-12/h10-11H,2-9H2,1H3. The topological polar surface area (TPSA) is 3.24 Å². The lowest BCUT2D eigenvalue weighted by Gasteiger charge is -2.26. The highest BCUT2D eigenvalue weighted by molar-refractivity contribution is 4.76. The van der Waals surface area contributed by atoms with Crippen LogP contribution in [0.4, 0.5) is 0 Å². The van der Waals surface area contributed by atoms with Crippen molar-refractivity contribution < 1.29 is 0 Å². The Balaban J connectivity index is 1.94. The van der Waals surface area contributed by atoms with Crippen LogP contribution in [0.1, 0.15) is 38.5 Å². The second kappa shape index (κ2) is 3.78. The number of hydrogen-bond donors (Lipinski definition) is 0. The lowest BCUT2D eigenvalue weighted by Crippen LogP contribution is -2.21. The Morgan fingerprint density at radius 3 is 1.58 bits per heavy atom. The fourth-order valence-corrected chi connectivity index (χ4v) is 2.73. The van der Waals surface area contributed by atoms with E-state index in [1.807, 2.05) is 0 Å². The van der Waals surface area contributed by atoms with Crippen LogP contribution in [-0.4, -0.2) is 25.0 Å². The molecule has 0 atom stereocenters. The normalized spacial score (nSPS) is 38.8. The monoisotopic (exact) mass is 167 g/mol. The van der Waals surface area contributed by atoms with E-state index in [1.165, 1.54) is 51.6 Å². The molecule has 2 bridgehead atoms. The van der Waals surface area contributed by atoms with Gasteiger partial charge in [0.25, 0.3) is 0 Å². The van der Waals surface area contributed by atoms with E-state index in [0.717, 1.165) is 11.8 Å². The minimum Gasteiger partial charge on any atom is -0.306 e. The number of fused-ring (bicyclic) bond motifs is 6. The maximum absolute atomic E-state index is 2.52. The minimum absolute atomic E-state index is 1.07. The van der Waals surface area contributed by atoms with Crippen LogP contribution in [0.25, 0.3) is 0 Å². The average molecular weight is 167 g/mol. The summed E-state index contributed by atoms with van der Waals surface area (Å²) in [5.41, 5.74) is 0. The molecule has 1 saturated carbocycles. The zero-order valence-corrected chi connectivity index (χ0v) is 8.26. The molecule has 0 spiro atoms. The lowest BCUT2D eigenvalue weighted by molar-refractivity contribution is 0.269. The van der Waals surface area contributed by atoms with Crippen molar-refractivity contribution in [3.8, 4) is 0 Å². The van der Waals surface area contributed by atoms with Gasteiger partial charge in [-0.2, -0.15) is 0 Å². The molecule has 0 amide bonds. The Bertz CT molecular complexity index is 120. The van der Waals surface area contributed by atoms with Crippen molar-refractivity contribution in [2.75, 3.05) is 20.1 Å². The third-order valence-electron chi connectivity index (χ3n) is 3.80. The van der Waals surface area contributed by atoms with E-state index in [0.29, 0.717) is 0 Å². The number of hydrogen-bond acceptors (Lipinski definition) is 1. The smallest absolute Gasteiger partial charge is 0.00191 e. The van der Waals surface area contributed by atoms with Gasteiger partial charge in [-0.15, -0.1) is 0 Å². The minimum atomic E-state index is 1.07. The molecule has 0 aromatic rings. The SMILES string of the molecule is CN1CCC2CCC(CC2)CC1. The van der Waals surface area contributed by atoms with E-state index in [9.17, 15) is 0 Å². The molecule has 2 heterocycles. The fraction of sp³-hybridized carbons (Fsp3) is 1.00. The third kappa shape index (κ3) is 2.01. The van der Waals surface area contributed by atoms with Crippen LogP contribution in [0, 0.1) is 11.8 Å². The number of rotatable bonds is 0. The highest BCUT2D eigenvalue weighted by atomic mass is 15.1. The van der Waals surface area contributed by atoms with Crippen molar-refractivity contribution in [3.05, 3.63) is 0 Å². The fourth-order valence-electron chi connectivity index (χ4n) is 2.73. The summed E-state index contributed by atoms with van der Waals surface area (Å²) in [6.45, 7) is 2.69. The van der Waals surface area contributed by atoms with Gasteiger partial charge >= 0.3 is 0 Å². The molecule has 2 saturated heterocycles. The first kappa shape index (κ1) is 8.55. The van der Waals surface area contributed by atoms with Gasteiger partial charge < -0.3 is 4.90 Å². The van der Waals surface area contributed by atoms with Crippen LogP contribution in [0.5, 0.6) is 0 Å². The van der Waals surface area contributed by atoms with E-state index in [-0.39, 0.29) is 0 Å². The second-order valence-corrected chi connectivity index (χ2v) is 4.77. The Kier molecular flexibility index (Phi) is 2.69. The maximum atomic E-state index is 2.52. The molecule has 70 valence electrons. The van der Waals surface area contributed by atoms with Crippen LogP contribution in [0.2, 0.25) is 0 Å². The van der Waals surface area contributed by atoms with Gasteiger partial charge in [0.1, 0.15) is 0 Å². The largest absolute Gasteiger partial charge is 0.306 e. The van der Waals surface area contributed by atoms with Crippen LogP contribution >= 0.6 is 0 Å². The third-order valence-corrected chi connectivity index (χ3v) is 3.80. The molecule has 2 aliphatic heterocycles. The zero-order valence-electron chi connectivity index (χ0n) is 8.26. The summed E-state index contributed by atoms with van der Waals surface area (Å²) >= 11 is 0. The molecule has 0 aromatic heterocycles. The molecular weight excluding hydrogens is 146 g/mol. The van der Waals surface area contributed by atoms with Crippen molar-refractivity contribution in [1.82, 2.24) is 4.90 Å². The quantitative estimate of drug-likeness (QED) is 0.536. The van der Waals surface area contributed by atoms with Gasteiger partial charge in [-0.05, 0) is 44.8 Å². The lowest BCUT2D eigenvalue weighted by atomic mass is 9.80. The molecule has 0 N–H and O–H groups in total. The molecule has 3 aliphatic rings. The first-order valence-corrected chi connectivity index (χ1v) is 5.53. The van der Waals surface area contributed by atoms with Gasteiger partial charge in [-0.3, -0.25) is 0 Å². The highest BCUT2D eigenvalue weighted by Crippen LogP contribution is 2.33. The molecule has 0 aromatic carbocycles. The molecule has 12 heavy (non-hydrogen) atoms. The average Bonchev–Trinajstić information content (AvgIpc) is 2.24. The van der Waals surface area contributed by atoms with Gasteiger partial charge in [0, 0.05) is 0 Å². The van der Waals surface area contributed by atoms with Crippen LogP contribution < -0.4 is 0 Å². The van der Waals surface area contributed by atoms with Gasteiger partial charge in [0.05, 0.1) is 0 Å². The van der Waals surface area contributed by atoms with E-state index >= 15 is 0 Å². The Labute approximate surface area is 76.1 Å². The molecule has 1 heteroatoms. The van der Waals surface area contributed by atoms with Gasteiger partial charge in [0.2, 0.25) is 0 Å². The zero-order chi connectivity index (χ0) is 8.39. The van der Waals surface area contributed by atoms with Crippen molar-refractivity contribution >= 4 is 0 Å². The molecule has 0 unspecified atom stereocenters. The summed E-state index contributed by atoms with van der Waals surface area (Å²) in [5, 5.41) is 0. The molecule has 1 aliphatic carbocycles. The van der Waals surface area contributed by atoms with E-state index < -0.39 is 0 Å². The molecule has 3 fully saturated rings. The van der Waals surface area contributed by atoms with Gasteiger partial charge in [0.15, 0.2) is 0 Å². The number of nitrogens with zero attached hydrogens (tertiary/aromatic N) is 1.